The topological polar surface area (TPSA) is 17.0 Å². The van der Waals surface area contributed by atoms with Crippen LogP contribution in [0.25, 0.3) is 10.9 Å². The monoisotopic (exact) mass is 358 g/mol. The molecule has 0 spiro atoms. The molecule has 0 aliphatic carbocycles. The van der Waals surface area contributed by atoms with Crippen LogP contribution in [0.2, 0.25) is 0 Å². The SMILES string of the molecule is Fc1ccc(Cn2cc(CNCCc3ccccc3)c3ccccc32)cc1. The van der Waals surface area contributed by atoms with E-state index in [-0.39, 0.29) is 5.82 Å². The van der Waals surface area contributed by atoms with Gasteiger partial charge in [-0.25, -0.2) is 4.39 Å². The van der Waals surface area contributed by atoms with Gasteiger partial charge in [0.15, 0.2) is 0 Å². The van der Waals surface area contributed by atoms with Gasteiger partial charge in [0.05, 0.1) is 0 Å². The predicted octanol–water partition coefficient (Wildman–Crippen LogP) is 5.16. The van der Waals surface area contributed by atoms with Gasteiger partial charge in [-0.05, 0) is 47.9 Å². The van der Waals surface area contributed by atoms with Crippen LogP contribution in [-0.4, -0.2) is 11.1 Å². The van der Waals surface area contributed by atoms with Crippen molar-refractivity contribution in [3.8, 4) is 0 Å². The van der Waals surface area contributed by atoms with Gasteiger partial charge in [0.1, 0.15) is 5.82 Å². The van der Waals surface area contributed by atoms with E-state index in [1.165, 1.54) is 34.2 Å². The van der Waals surface area contributed by atoms with Crippen LogP contribution in [-0.2, 0) is 19.5 Å². The molecular formula is C24H23FN2. The fraction of sp³-hybridized carbons (Fsp3) is 0.167. The Morgan fingerprint density at radius 2 is 1.52 bits per heavy atom. The molecule has 0 aliphatic rings. The zero-order valence-electron chi connectivity index (χ0n) is 15.2. The largest absolute Gasteiger partial charge is 0.343 e. The van der Waals surface area contributed by atoms with Crippen LogP contribution in [0.15, 0.2) is 85.1 Å². The lowest BCUT2D eigenvalue weighted by Gasteiger charge is -2.05. The molecule has 4 rings (SSSR count). The van der Waals surface area contributed by atoms with Crippen LogP contribution < -0.4 is 5.32 Å². The first kappa shape index (κ1) is 17.5. The molecule has 136 valence electrons. The fourth-order valence-electron chi connectivity index (χ4n) is 3.48. The van der Waals surface area contributed by atoms with Gasteiger partial charge in [0, 0.05) is 30.2 Å². The molecule has 0 unspecified atom stereocenters. The van der Waals surface area contributed by atoms with E-state index in [2.05, 4.69) is 64.6 Å². The summed E-state index contributed by atoms with van der Waals surface area (Å²) in [4.78, 5) is 0. The Bertz CT molecular complexity index is 1000. The number of fused-ring (bicyclic) bond motifs is 1. The third-order valence-corrected chi connectivity index (χ3v) is 4.89. The lowest BCUT2D eigenvalue weighted by Crippen LogP contribution is -2.16. The summed E-state index contributed by atoms with van der Waals surface area (Å²) in [6.45, 7) is 2.52. The molecule has 0 aliphatic heterocycles. The molecule has 0 amide bonds. The number of rotatable bonds is 7. The second-order valence-electron chi connectivity index (χ2n) is 6.84. The maximum absolute atomic E-state index is 13.2. The van der Waals surface area contributed by atoms with Crippen molar-refractivity contribution in [1.29, 1.82) is 0 Å². The van der Waals surface area contributed by atoms with Gasteiger partial charge in [-0.2, -0.15) is 0 Å². The average Bonchev–Trinajstić information content (AvgIpc) is 3.06. The summed E-state index contributed by atoms with van der Waals surface area (Å²) in [6, 6.07) is 25.7. The van der Waals surface area contributed by atoms with E-state index >= 15 is 0 Å². The molecule has 0 bridgehead atoms. The highest BCUT2D eigenvalue weighted by atomic mass is 19.1. The lowest BCUT2D eigenvalue weighted by molar-refractivity contribution is 0.626. The Morgan fingerprint density at radius 3 is 2.33 bits per heavy atom. The van der Waals surface area contributed by atoms with Crippen molar-refractivity contribution in [3.05, 3.63) is 108 Å². The van der Waals surface area contributed by atoms with Gasteiger partial charge in [-0.1, -0.05) is 60.7 Å². The van der Waals surface area contributed by atoms with E-state index in [0.717, 1.165) is 31.6 Å². The number of nitrogens with one attached hydrogen (secondary N) is 1. The number of hydrogen-bond acceptors (Lipinski definition) is 1. The second-order valence-corrected chi connectivity index (χ2v) is 6.84. The van der Waals surface area contributed by atoms with Crippen LogP contribution in [0.4, 0.5) is 4.39 Å². The molecule has 0 saturated heterocycles. The minimum Gasteiger partial charge on any atom is -0.343 e. The van der Waals surface area contributed by atoms with E-state index in [4.69, 9.17) is 0 Å². The van der Waals surface area contributed by atoms with E-state index in [1.54, 1.807) is 0 Å². The molecule has 1 heterocycles. The first-order valence-electron chi connectivity index (χ1n) is 9.35. The molecule has 1 aromatic heterocycles. The van der Waals surface area contributed by atoms with E-state index in [1.807, 2.05) is 18.2 Å². The highest BCUT2D eigenvalue weighted by molar-refractivity contribution is 5.84. The van der Waals surface area contributed by atoms with Gasteiger partial charge in [-0.15, -0.1) is 0 Å². The summed E-state index contributed by atoms with van der Waals surface area (Å²) in [6.07, 6.45) is 3.23. The third kappa shape index (κ3) is 4.26. The smallest absolute Gasteiger partial charge is 0.123 e. The minimum absolute atomic E-state index is 0.195. The van der Waals surface area contributed by atoms with Crippen LogP contribution in [0.3, 0.4) is 0 Å². The molecule has 0 radical (unpaired) electrons. The van der Waals surface area contributed by atoms with Crippen molar-refractivity contribution >= 4 is 10.9 Å². The van der Waals surface area contributed by atoms with E-state index in [0.29, 0.717) is 0 Å². The van der Waals surface area contributed by atoms with Crippen LogP contribution in [0.1, 0.15) is 16.7 Å². The number of para-hydroxylation sites is 1. The molecule has 0 saturated carbocycles. The molecule has 27 heavy (non-hydrogen) atoms. The zero-order chi connectivity index (χ0) is 18.5. The summed E-state index contributed by atoms with van der Waals surface area (Å²) >= 11 is 0. The first-order chi connectivity index (χ1) is 13.3. The van der Waals surface area contributed by atoms with Crippen LogP contribution in [0, 0.1) is 5.82 Å². The molecule has 2 nitrogen and oxygen atoms in total. The molecule has 0 fully saturated rings. The maximum atomic E-state index is 13.2. The van der Waals surface area contributed by atoms with Crippen molar-refractivity contribution in [2.75, 3.05) is 6.54 Å². The number of benzene rings is 3. The van der Waals surface area contributed by atoms with Crippen molar-refractivity contribution < 1.29 is 4.39 Å². The molecular weight excluding hydrogens is 335 g/mol. The minimum atomic E-state index is -0.195. The van der Waals surface area contributed by atoms with E-state index in [9.17, 15) is 4.39 Å². The van der Waals surface area contributed by atoms with Gasteiger partial charge < -0.3 is 9.88 Å². The van der Waals surface area contributed by atoms with Gasteiger partial charge in [0.25, 0.3) is 0 Å². The lowest BCUT2D eigenvalue weighted by atomic mass is 10.1. The first-order valence-corrected chi connectivity index (χ1v) is 9.35. The Balaban J connectivity index is 1.47. The summed E-state index contributed by atoms with van der Waals surface area (Å²) in [5, 5.41) is 4.83. The van der Waals surface area contributed by atoms with Gasteiger partial charge in [0.2, 0.25) is 0 Å². The highest BCUT2D eigenvalue weighted by Gasteiger charge is 2.08. The Kier molecular flexibility index (Phi) is 5.31. The van der Waals surface area contributed by atoms with Crippen LogP contribution >= 0.6 is 0 Å². The Morgan fingerprint density at radius 1 is 0.778 bits per heavy atom. The fourth-order valence-corrected chi connectivity index (χ4v) is 3.48. The quantitative estimate of drug-likeness (QED) is 0.452. The Hall–Kier alpha value is -2.91. The normalized spacial score (nSPS) is 11.1. The van der Waals surface area contributed by atoms with E-state index < -0.39 is 0 Å². The zero-order valence-corrected chi connectivity index (χ0v) is 15.2. The summed E-state index contributed by atoms with van der Waals surface area (Å²) in [5.74, 6) is -0.195. The number of hydrogen-bond donors (Lipinski definition) is 1. The highest BCUT2D eigenvalue weighted by Crippen LogP contribution is 2.22. The standard InChI is InChI=1S/C24H23FN2/c25-22-12-10-20(11-13-22)17-27-18-21(23-8-4-5-9-24(23)27)16-26-15-14-19-6-2-1-3-7-19/h1-13,18,26H,14-17H2. The average molecular weight is 358 g/mol. The number of halogens is 1. The third-order valence-electron chi connectivity index (χ3n) is 4.89. The molecule has 4 aromatic rings. The predicted molar refractivity (Wildman–Crippen MR) is 109 cm³/mol. The maximum Gasteiger partial charge on any atom is 0.123 e. The van der Waals surface area contributed by atoms with Gasteiger partial charge >= 0.3 is 0 Å². The summed E-state index contributed by atoms with van der Waals surface area (Å²) in [7, 11) is 0. The van der Waals surface area contributed by atoms with Crippen LogP contribution in [0.5, 0.6) is 0 Å². The number of aromatic nitrogens is 1. The molecule has 3 heteroatoms. The molecule has 0 atom stereocenters. The van der Waals surface area contributed by atoms with Crippen molar-refractivity contribution in [3.63, 3.8) is 0 Å². The van der Waals surface area contributed by atoms with Gasteiger partial charge in [-0.3, -0.25) is 0 Å². The van der Waals surface area contributed by atoms with Crippen molar-refractivity contribution in [1.82, 2.24) is 9.88 Å². The van der Waals surface area contributed by atoms with Crippen molar-refractivity contribution in [2.45, 2.75) is 19.5 Å². The molecule has 3 aromatic carbocycles. The summed E-state index contributed by atoms with van der Waals surface area (Å²) < 4.78 is 15.4. The number of nitrogens with zero attached hydrogens (tertiary/aromatic N) is 1. The second kappa shape index (κ2) is 8.19. The Labute approximate surface area is 159 Å². The summed E-state index contributed by atoms with van der Waals surface area (Å²) in [5.41, 5.74) is 4.95. The van der Waals surface area contributed by atoms with Crippen molar-refractivity contribution in [2.24, 2.45) is 0 Å². The molecule has 1 N–H and O–H groups in total.